The zero-order chi connectivity index (χ0) is 27.3. The number of alkyl halides is 3. The first-order chi connectivity index (χ1) is 18.1. The summed E-state index contributed by atoms with van der Waals surface area (Å²) in [7, 11) is 1.73. The smallest absolute Gasteiger partial charge is 0.355 e. The van der Waals surface area contributed by atoms with Crippen molar-refractivity contribution in [1.29, 1.82) is 5.41 Å². The molecule has 0 amide bonds. The van der Waals surface area contributed by atoms with Crippen LogP contribution in [0.15, 0.2) is 47.6 Å². The van der Waals surface area contributed by atoms with Gasteiger partial charge >= 0.3 is 6.18 Å². The van der Waals surface area contributed by atoms with Gasteiger partial charge in [0.15, 0.2) is 5.03 Å². The van der Waals surface area contributed by atoms with E-state index >= 15 is 0 Å². The summed E-state index contributed by atoms with van der Waals surface area (Å²) in [6.45, 7) is 3.49. The molecule has 0 bridgehead atoms. The lowest BCUT2D eigenvalue weighted by molar-refractivity contribution is -0.185. The Bertz CT molecular complexity index is 1240. The van der Waals surface area contributed by atoms with Crippen LogP contribution in [0.4, 0.5) is 28.9 Å². The van der Waals surface area contributed by atoms with E-state index in [4.69, 9.17) is 5.41 Å². The lowest BCUT2D eigenvalue weighted by Gasteiger charge is -2.23. The number of halogens is 4. The normalized spacial score (nSPS) is 14.6. The second-order valence-corrected chi connectivity index (χ2v) is 10.7. The fourth-order valence-electron chi connectivity index (χ4n) is 4.15. The first kappa shape index (κ1) is 28.1. The van der Waals surface area contributed by atoms with Crippen LogP contribution in [0.5, 0.6) is 0 Å². The number of hydrogen-bond donors (Lipinski definition) is 3. The van der Waals surface area contributed by atoms with Crippen LogP contribution in [0, 0.1) is 23.6 Å². The van der Waals surface area contributed by atoms with Crippen molar-refractivity contribution in [3.8, 4) is 0 Å². The van der Waals surface area contributed by atoms with Crippen LogP contribution < -0.4 is 10.6 Å². The summed E-state index contributed by atoms with van der Waals surface area (Å²) in [6.07, 6.45) is -0.203. The molecule has 0 aliphatic heterocycles. The lowest BCUT2D eigenvalue weighted by Crippen LogP contribution is -2.38. The largest absolute Gasteiger partial charge is 0.395 e. The summed E-state index contributed by atoms with van der Waals surface area (Å²) in [5, 5.41) is 23.2. The standard InChI is InChI=1S/C26H31F4N7S/c1-18-13-23(34-22-5-3-21(27)4-6-22)20(15-31)14-19(18)7-11-37(38-24-16-33-36(2)35-24)12-10-32-17-25(8-9-25)26(28,29)30/h3-6,13-16,31-32,34H,7-12,17H2,1-2H3. The molecule has 1 heterocycles. The number of nitrogens with one attached hydrogen (secondary N) is 3. The highest BCUT2D eigenvalue weighted by Crippen LogP contribution is 2.57. The minimum absolute atomic E-state index is 0.0650. The van der Waals surface area contributed by atoms with Crippen molar-refractivity contribution >= 4 is 29.5 Å². The van der Waals surface area contributed by atoms with Crippen molar-refractivity contribution < 1.29 is 17.6 Å². The summed E-state index contributed by atoms with van der Waals surface area (Å²) >= 11 is 1.42. The van der Waals surface area contributed by atoms with E-state index in [9.17, 15) is 17.6 Å². The third-order valence-electron chi connectivity index (χ3n) is 6.67. The van der Waals surface area contributed by atoms with Gasteiger partial charge in [-0.3, -0.25) is 0 Å². The van der Waals surface area contributed by atoms with Gasteiger partial charge in [-0.15, -0.1) is 5.10 Å². The van der Waals surface area contributed by atoms with Crippen molar-refractivity contribution in [2.45, 2.75) is 37.4 Å². The van der Waals surface area contributed by atoms with Crippen molar-refractivity contribution in [2.24, 2.45) is 12.5 Å². The monoisotopic (exact) mass is 549 g/mol. The Morgan fingerprint density at radius 1 is 1.18 bits per heavy atom. The fraction of sp³-hybridized carbons (Fsp3) is 0.423. The van der Waals surface area contributed by atoms with Crippen molar-refractivity contribution in [3.05, 3.63) is 65.1 Å². The van der Waals surface area contributed by atoms with Gasteiger partial charge in [-0.2, -0.15) is 23.1 Å². The molecule has 0 unspecified atom stereocenters. The Labute approximate surface area is 223 Å². The topological polar surface area (TPSA) is 81.9 Å². The summed E-state index contributed by atoms with van der Waals surface area (Å²) in [5.74, 6) is -0.319. The van der Waals surface area contributed by atoms with E-state index in [2.05, 4.69) is 25.1 Å². The molecule has 4 rings (SSSR count). The second kappa shape index (κ2) is 11.8. The quantitative estimate of drug-likeness (QED) is 0.113. The summed E-state index contributed by atoms with van der Waals surface area (Å²) in [5.41, 5.74) is 2.69. The third-order valence-corrected chi connectivity index (χ3v) is 7.67. The van der Waals surface area contributed by atoms with Gasteiger partial charge in [-0.25, -0.2) is 8.70 Å². The minimum Gasteiger partial charge on any atom is -0.355 e. The SMILES string of the molecule is Cc1cc(Nc2ccc(F)cc2)c(C=N)cc1CCN(CCNCC1(C(F)(F)F)CC1)Sc1cnn(C)n1. The molecule has 38 heavy (non-hydrogen) atoms. The Morgan fingerprint density at radius 3 is 2.53 bits per heavy atom. The molecule has 1 aliphatic rings. The molecular formula is C26H31F4N7S. The zero-order valence-electron chi connectivity index (χ0n) is 21.3. The second-order valence-electron chi connectivity index (χ2n) is 9.54. The van der Waals surface area contributed by atoms with Gasteiger partial charge in [0.1, 0.15) is 5.82 Å². The van der Waals surface area contributed by atoms with E-state index in [1.165, 1.54) is 35.1 Å². The highest BCUT2D eigenvalue weighted by atomic mass is 32.2. The maximum absolute atomic E-state index is 13.2. The predicted molar refractivity (Wildman–Crippen MR) is 141 cm³/mol. The number of aryl methyl sites for hydroxylation is 2. The van der Waals surface area contributed by atoms with Crippen molar-refractivity contribution in [2.75, 3.05) is 31.5 Å². The first-order valence-electron chi connectivity index (χ1n) is 12.3. The molecule has 1 fully saturated rings. The molecule has 12 heteroatoms. The molecule has 3 N–H and O–H groups in total. The number of hydrogen-bond acceptors (Lipinski definition) is 7. The summed E-state index contributed by atoms with van der Waals surface area (Å²) in [6, 6.07) is 9.95. The van der Waals surface area contributed by atoms with Crippen LogP contribution in [-0.2, 0) is 13.5 Å². The van der Waals surface area contributed by atoms with Gasteiger partial charge in [-0.1, -0.05) is 0 Å². The van der Waals surface area contributed by atoms with Gasteiger partial charge in [0.05, 0.1) is 11.6 Å². The average Bonchev–Trinajstić information content (AvgIpc) is 3.57. The third kappa shape index (κ3) is 7.12. The van der Waals surface area contributed by atoms with E-state index < -0.39 is 11.6 Å². The molecule has 1 aliphatic carbocycles. The molecule has 0 spiro atoms. The Hall–Kier alpha value is -2.96. The Balaban J connectivity index is 1.40. The molecule has 1 aromatic heterocycles. The molecule has 0 radical (unpaired) electrons. The van der Waals surface area contributed by atoms with Crippen LogP contribution in [0.1, 0.15) is 29.5 Å². The number of anilines is 2. The van der Waals surface area contributed by atoms with Crippen LogP contribution in [0.2, 0.25) is 0 Å². The number of nitrogens with zero attached hydrogens (tertiary/aromatic N) is 4. The van der Waals surface area contributed by atoms with E-state index in [0.29, 0.717) is 36.6 Å². The zero-order valence-corrected chi connectivity index (χ0v) is 22.1. The van der Waals surface area contributed by atoms with E-state index in [0.717, 1.165) is 22.5 Å². The van der Waals surface area contributed by atoms with Crippen LogP contribution in [0.25, 0.3) is 0 Å². The molecule has 1 saturated carbocycles. The predicted octanol–water partition coefficient (Wildman–Crippen LogP) is 5.49. The molecule has 0 saturated heterocycles. The minimum atomic E-state index is -4.17. The average molecular weight is 550 g/mol. The lowest BCUT2D eigenvalue weighted by atomic mass is 10.0. The number of benzene rings is 2. The van der Waals surface area contributed by atoms with Crippen molar-refractivity contribution in [3.63, 3.8) is 0 Å². The van der Waals surface area contributed by atoms with Gasteiger partial charge in [0.2, 0.25) is 0 Å². The fourth-order valence-corrected chi connectivity index (χ4v) is 5.03. The first-order valence-corrected chi connectivity index (χ1v) is 13.1. The van der Waals surface area contributed by atoms with Gasteiger partial charge in [-0.05, 0) is 85.7 Å². The van der Waals surface area contributed by atoms with Gasteiger partial charge in [0, 0.05) is 56.4 Å². The maximum Gasteiger partial charge on any atom is 0.395 e. The van der Waals surface area contributed by atoms with E-state index in [1.807, 2.05) is 19.1 Å². The highest BCUT2D eigenvalue weighted by Gasteiger charge is 2.62. The molecule has 7 nitrogen and oxygen atoms in total. The molecular weight excluding hydrogens is 518 g/mol. The summed E-state index contributed by atoms with van der Waals surface area (Å²) < 4.78 is 55.0. The molecule has 204 valence electrons. The van der Waals surface area contributed by atoms with Gasteiger partial charge < -0.3 is 16.0 Å². The molecule has 2 aromatic carbocycles. The Kier molecular flexibility index (Phi) is 8.74. The van der Waals surface area contributed by atoms with Gasteiger partial charge in [0.25, 0.3) is 0 Å². The van der Waals surface area contributed by atoms with Crippen LogP contribution in [-0.4, -0.2) is 57.9 Å². The van der Waals surface area contributed by atoms with E-state index in [1.54, 1.807) is 25.4 Å². The molecule has 3 aromatic rings. The highest BCUT2D eigenvalue weighted by molar-refractivity contribution is 7.97. The maximum atomic E-state index is 13.2. The Morgan fingerprint density at radius 2 is 1.92 bits per heavy atom. The summed E-state index contributed by atoms with van der Waals surface area (Å²) in [4.78, 5) is 1.46. The number of aromatic nitrogens is 3. The van der Waals surface area contributed by atoms with E-state index in [-0.39, 0.29) is 25.2 Å². The van der Waals surface area contributed by atoms with Crippen LogP contribution >= 0.6 is 11.9 Å². The van der Waals surface area contributed by atoms with Crippen molar-refractivity contribution in [1.82, 2.24) is 24.6 Å². The molecule has 0 atom stereocenters. The van der Waals surface area contributed by atoms with Crippen LogP contribution in [0.3, 0.4) is 0 Å². The number of rotatable bonds is 13.